The Bertz CT molecular complexity index is 478. The lowest BCUT2D eigenvalue weighted by atomic mass is 9.91. The zero-order valence-corrected chi connectivity index (χ0v) is 12.6. The molecule has 116 valence electrons. The predicted molar refractivity (Wildman–Crippen MR) is 78.4 cm³/mol. The van der Waals surface area contributed by atoms with E-state index in [0.717, 1.165) is 5.56 Å². The van der Waals surface area contributed by atoms with E-state index in [9.17, 15) is 15.0 Å². The van der Waals surface area contributed by atoms with Crippen LogP contribution in [0.1, 0.15) is 18.9 Å². The minimum atomic E-state index is -1.10. The molecule has 1 aliphatic rings. The maximum atomic E-state index is 12.2. The van der Waals surface area contributed by atoms with E-state index in [-0.39, 0.29) is 19.0 Å². The molecular formula is C15H23N3O3. The molecule has 2 atom stereocenters. The minimum Gasteiger partial charge on any atom is -0.388 e. The number of carbonyl (C=O) groups excluding carboxylic acids is 1. The molecule has 2 N–H and O–H groups in total. The molecule has 0 aromatic carbocycles. The molecule has 0 saturated carbocycles. The molecule has 1 amide bonds. The normalized spacial score (nSPS) is 26.1. The number of hydrogen-bond donors (Lipinski definition) is 2. The van der Waals surface area contributed by atoms with E-state index >= 15 is 0 Å². The van der Waals surface area contributed by atoms with Crippen LogP contribution in [0.2, 0.25) is 0 Å². The molecule has 0 aliphatic carbocycles. The van der Waals surface area contributed by atoms with Crippen LogP contribution in [0, 0.1) is 0 Å². The van der Waals surface area contributed by atoms with Crippen molar-refractivity contribution in [3.8, 4) is 0 Å². The summed E-state index contributed by atoms with van der Waals surface area (Å²) in [4.78, 5) is 19.7. The number of nitrogens with zero attached hydrogens (tertiary/aromatic N) is 3. The minimum absolute atomic E-state index is 0.0268. The van der Waals surface area contributed by atoms with Gasteiger partial charge < -0.3 is 15.1 Å². The van der Waals surface area contributed by atoms with E-state index in [0.29, 0.717) is 19.5 Å². The summed E-state index contributed by atoms with van der Waals surface area (Å²) < 4.78 is 0. The zero-order valence-electron chi connectivity index (χ0n) is 12.6. The molecule has 2 rings (SSSR count). The number of aromatic nitrogens is 1. The highest BCUT2D eigenvalue weighted by Crippen LogP contribution is 2.22. The molecular weight excluding hydrogens is 270 g/mol. The number of rotatable bonds is 4. The van der Waals surface area contributed by atoms with Crippen molar-refractivity contribution in [2.75, 3.05) is 26.7 Å². The molecule has 0 bridgehead atoms. The summed E-state index contributed by atoms with van der Waals surface area (Å²) in [6, 6.07) is 3.84. The number of piperidine rings is 1. The summed E-state index contributed by atoms with van der Waals surface area (Å²) in [6.07, 6.45) is 2.97. The van der Waals surface area contributed by atoms with E-state index in [4.69, 9.17) is 0 Å². The topological polar surface area (TPSA) is 76.9 Å². The number of hydrogen-bond acceptors (Lipinski definition) is 5. The van der Waals surface area contributed by atoms with Crippen molar-refractivity contribution in [1.82, 2.24) is 14.8 Å². The quantitative estimate of drug-likeness (QED) is 0.808. The third-order valence-corrected chi connectivity index (χ3v) is 3.96. The van der Waals surface area contributed by atoms with Crippen molar-refractivity contribution in [2.24, 2.45) is 0 Å². The lowest BCUT2D eigenvalue weighted by Crippen LogP contribution is -2.56. The van der Waals surface area contributed by atoms with E-state index < -0.39 is 11.7 Å². The fourth-order valence-corrected chi connectivity index (χ4v) is 2.44. The third kappa shape index (κ3) is 4.23. The van der Waals surface area contributed by atoms with Crippen LogP contribution in [0.4, 0.5) is 0 Å². The van der Waals surface area contributed by atoms with Crippen LogP contribution in [0.25, 0.3) is 0 Å². The average molecular weight is 293 g/mol. The van der Waals surface area contributed by atoms with Gasteiger partial charge in [-0.25, -0.2) is 0 Å². The molecule has 0 radical (unpaired) electrons. The monoisotopic (exact) mass is 293 g/mol. The number of β-amino-alcohol motifs (C(OH)–C–C–N with tert-alkyl or cyclic N) is 1. The predicted octanol–water partition coefficient (Wildman–Crippen LogP) is -0.142. The van der Waals surface area contributed by atoms with Crippen LogP contribution in [-0.2, 0) is 11.3 Å². The second-order valence-electron chi connectivity index (χ2n) is 5.99. The van der Waals surface area contributed by atoms with Crippen LogP contribution in [0.15, 0.2) is 24.5 Å². The third-order valence-electron chi connectivity index (χ3n) is 3.96. The summed E-state index contributed by atoms with van der Waals surface area (Å²) in [5.41, 5.74) is 0.00149. The van der Waals surface area contributed by atoms with E-state index in [1.54, 1.807) is 24.2 Å². The van der Waals surface area contributed by atoms with Gasteiger partial charge in [-0.1, -0.05) is 0 Å². The first kappa shape index (κ1) is 15.9. The number of likely N-dealkylation sites (N-methyl/N-ethyl adjacent to an activating group) is 1. The smallest absolute Gasteiger partial charge is 0.236 e. The molecule has 0 unspecified atom stereocenters. The summed E-state index contributed by atoms with van der Waals surface area (Å²) >= 11 is 0. The molecule has 21 heavy (non-hydrogen) atoms. The standard InChI is InChI=1S/C15H23N3O3/c1-15(21)5-8-18(10-13(15)19)14(20)11-17(2)9-12-3-6-16-7-4-12/h3-4,6-7,13,19,21H,5,8-11H2,1-2H3/t13-,15+/m0/s1. The van der Waals surface area contributed by atoms with Crippen molar-refractivity contribution in [2.45, 2.75) is 31.6 Å². The summed E-state index contributed by atoms with van der Waals surface area (Å²) in [5, 5.41) is 19.8. The molecule has 1 aliphatic heterocycles. The summed E-state index contributed by atoms with van der Waals surface area (Å²) in [5.74, 6) is -0.0268. The highest BCUT2D eigenvalue weighted by atomic mass is 16.3. The van der Waals surface area contributed by atoms with Gasteiger partial charge in [0, 0.05) is 32.0 Å². The Morgan fingerprint density at radius 2 is 2.19 bits per heavy atom. The Morgan fingerprint density at radius 3 is 2.81 bits per heavy atom. The number of aliphatic hydroxyl groups excluding tert-OH is 1. The van der Waals surface area contributed by atoms with Crippen LogP contribution >= 0.6 is 0 Å². The molecule has 6 nitrogen and oxygen atoms in total. The van der Waals surface area contributed by atoms with Crippen molar-refractivity contribution in [3.63, 3.8) is 0 Å². The van der Waals surface area contributed by atoms with Crippen LogP contribution in [0.3, 0.4) is 0 Å². The average Bonchev–Trinajstić information content (AvgIpc) is 2.42. The summed E-state index contributed by atoms with van der Waals surface area (Å²) in [6.45, 7) is 3.23. The van der Waals surface area contributed by atoms with Crippen molar-refractivity contribution < 1.29 is 15.0 Å². The van der Waals surface area contributed by atoms with Crippen molar-refractivity contribution in [3.05, 3.63) is 30.1 Å². The number of pyridine rings is 1. The number of aliphatic hydroxyl groups is 2. The number of likely N-dealkylation sites (tertiary alicyclic amines) is 1. The van der Waals surface area contributed by atoms with Gasteiger partial charge in [0.1, 0.15) is 0 Å². The zero-order chi connectivity index (χ0) is 15.5. The van der Waals surface area contributed by atoms with Crippen LogP contribution < -0.4 is 0 Å². The van der Waals surface area contributed by atoms with Gasteiger partial charge >= 0.3 is 0 Å². The molecule has 6 heteroatoms. The fraction of sp³-hybridized carbons (Fsp3) is 0.600. The molecule has 1 fully saturated rings. The second kappa shape index (κ2) is 6.51. The Kier molecular flexibility index (Phi) is 4.92. The lowest BCUT2D eigenvalue weighted by molar-refractivity contribution is -0.147. The lowest BCUT2D eigenvalue weighted by Gasteiger charge is -2.40. The Balaban J connectivity index is 1.84. The molecule has 0 spiro atoms. The van der Waals surface area contributed by atoms with Crippen LogP contribution in [0.5, 0.6) is 0 Å². The Labute approximate surface area is 125 Å². The first-order valence-corrected chi connectivity index (χ1v) is 7.14. The van der Waals surface area contributed by atoms with Crippen LogP contribution in [-0.4, -0.2) is 69.3 Å². The Morgan fingerprint density at radius 1 is 1.52 bits per heavy atom. The Hall–Kier alpha value is -1.50. The molecule has 1 aromatic heterocycles. The SMILES string of the molecule is CN(CC(=O)N1CC[C@@](C)(O)[C@@H](O)C1)Cc1ccncc1. The number of amides is 1. The maximum absolute atomic E-state index is 12.2. The largest absolute Gasteiger partial charge is 0.388 e. The van der Waals surface area contributed by atoms with E-state index in [1.807, 2.05) is 24.1 Å². The van der Waals surface area contributed by atoms with Gasteiger partial charge in [-0.2, -0.15) is 0 Å². The van der Waals surface area contributed by atoms with Gasteiger partial charge in [0.15, 0.2) is 0 Å². The second-order valence-corrected chi connectivity index (χ2v) is 5.99. The fourth-order valence-electron chi connectivity index (χ4n) is 2.44. The number of carbonyl (C=O) groups is 1. The highest BCUT2D eigenvalue weighted by Gasteiger charge is 2.37. The van der Waals surface area contributed by atoms with Gasteiger partial charge in [-0.05, 0) is 38.1 Å². The van der Waals surface area contributed by atoms with E-state index in [2.05, 4.69) is 4.98 Å². The van der Waals surface area contributed by atoms with Crippen molar-refractivity contribution >= 4 is 5.91 Å². The first-order chi connectivity index (χ1) is 9.88. The van der Waals surface area contributed by atoms with Crippen molar-refractivity contribution in [1.29, 1.82) is 0 Å². The maximum Gasteiger partial charge on any atom is 0.236 e. The summed E-state index contributed by atoms with van der Waals surface area (Å²) in [7, 11) is 1.88. The van der Waals surface area contributed by atoms with Gasteiger partial charge in [0.05, 0.1) is 18.2 Å². The van der Waals surface area contributed by atoms with Gasteiger partial charge in [-0.3, -0.25) is 14.7 Å². The van der Waals surface area contributed by atoms with Gasteiger partial charge in [0.2, 0.25) is 5.91 Å². The molecule has 1 saturated heterocycles. The molecule has 2 heterocycles. The van der Waals surface area contributed by atoms with E-state index in [1.165, 1.54) is 0 Å². The molecule has 1 aromatic rings. The highest BCUT2D eigenvalue weighted by molar-refractivity contribution is 5.78. The first-order valence-electron chi connectivity index (χ1n) is 7.14. The van der Waals surface area contributed by atoms with Gasteiger partial charge in [-0.15, -0.1) is 0 Å². The van der Waals surface area contributed by atoms with Gasteiger partial charge in [0.25, 0.3) is 0 Å².